The topological polar surface area (TPSA) is 139 Å². The van der Waals surface area contributed by atoms with Crippen LogP contribution in [0.5, 0.6) is 0 Å². The Hall–Kier alpha value is -5.35. The number of carbonyl (C=O) groups is 4. The van der Waals surface area contributed by atoms with Crippen molar-refractivity contribution in [1.82, 2.24) is 0 Å². The molecule has 11 heteroatoms. The number of fused-ring (bicyclic) bond motifs is 1. The molecule has 4 aromatic carbocycles. The minimum absolute atomic E-state index is 0.113. The molecule has 1 heterocycles. The minimum Gasteiger partial charge on any atom is -0.322 e. The fraction of sp³-hybridized carbons (Fsp3) is 0. The van der Waals surface area contributed by atoms with E-state index in [2.05, 4.69) is 10.6 Å². The van der Waals surface area contributed by atoms with Gasteiger partial charge in [0, 0.05) is 39.7 Å². The van der Waals surface area contributed by atoms with Crippen LogP contribution in [-0.2, 0) is 0 Å². The van der Waals surface area contributed by atoms with Crippen molar-refractivity contribution in [2.75, 3.05) is 15.5 Å². The number of nitro benzene ring substituents is 1. The molecule has 0 spiro atoms. The number of benzene rings is 4. The van der Waals surface area contributed by atoms with Gasteiger partial charge in [0.05, 0.1) is 21.7 Å². The number of hydrogen-bond acceptors (Lipinski definition) is 6. The molecule has 4 aromatic rings. The maximum Gasteiger partial charge on any atom is 0.269 e. The maximum atomic E-state index is 13.1. The van der Waals surface area contributed by atoms with Gasteiger partial charge >= 0.3 is 0 Å². The second-order valence-electron chi connectivity index (χ2n) is 8.47. The summed E-state index contributed by atoms with van der Waals surface area (Å²) in [6.45, 7) is 0. The first-order valence-corrected chi connectivity index (χ1v) is 11.8. The summed E-state index contributed by atoms with van der Waals surface area (Å²) >= 11 is 5.85. The van der Waals surface area contributed by atoms with E-state index in [1.165, 1.54) is 54.6 Å². The van der Waals surface area contributed by atoms with Gasteiger partial charge < -0.3 is 10.6 Å². The van der Waals surface area contributed by atoms with Crippen molar-refractivity contribution in [3.63, 3.8) is 0 Å². The van der Waals surface area contributed by atoms with E-state index in [9.17, 15) is 29.3 Å². The Morgan fingerprint density at radius 1 is 0.692 bits per heavy atom. The summed E-state index contributed by atoms with van der Waals surface area (Å²) in [4.78, 5) is 62.4. The maximum absolute atomic E-state index is 13.1. The number of rotatable bonds is 6. The SMILES string of the molecule is O=C(Nc1ccc(N2C(=O)c3ccc(NC(=O)c4ccc([N+](=O)[O-])cc4)cc3C2=O)cc1)c1ccc(Cl)cc1. The van der Waals surface area contributed by atoms with Crippen molar-refractivity contribution in [3.8, 4) is 0 Å². The second kappa shape index (κ2) is 10.2. The molecule has 2 N–H and O–H groups in total. The number of non-ortho nitro benzene ring substituents is 1. The Labute approximate surface area is 226 Å². The molecule has 0 aromatic heterocycles. The second-order valence-corrected chi connectivity index (χ2v) is 8.91. The van der Waals surface area contributed by atoms with Gasteiger partial charge in [0.15, 0.2) is 0 Å². The van der Waals surface area contributed by atoms with Crippen LogP contribution in [0.25, 0.3) is 0 Å². The number of hydrogen-bond donors (Lipinski definition) is 2. The summed E-state index contributed by atoms with van der Waals surface area (Å²) in [5.41, 5.74) is 1.79. The third-order valence-electron chi connectivity index (χ3n) is 5.97. The van der Waals surface area contributed by atoms with Crippen LogP contribution >= 0.6 is 11.6 Å². The van der Waals surface area contributed by atoms with Crippen LogP contribution in [0, 0.1) is 10.1 Å². The minimum atomic E-state index is -0.570. The van der Waals surface area contributed by atoms with Crippen LogP contribution in [0.4, 0.5) is 22.7 Å². The smallest absolute Gasteiger partial charge is 0.269 e. The highest BCUT2D eigenvalue weighted by molar-refractivity contribution is 6.34. The fourth-order valence-electron chi connectivity index (χ4n) is 3.99. The van der Waals surface area contributed by atoms with Gasteiger partial charge in [0.1, 0.15) is 0 Å². The van der Waals surface area contributed by atoms with Crippen molar-refractivity contribution in [2.45, 2.75) is 0 Å². The van der Waals surface area contributed by atoms with Crippen molar-refractivity contribution in [2.24, 2.45) is 0 Å². The van der Waals surface area contributed by atoms with E-state index < -0.39 is 22.6 Å². The molecule has 39 heavy (non-hydrogen) atoms. The third-order valence-corrected chi connectivity index (χ3v) is 6.23. The zero-order chi connectivity index (χ0) is 27.7. The normalized spacial score (nSPS) is 12.2. The number of nitrogens with one attached hydrogen (secondary N) is 2. The quantitative estimate of drug-likeness (QED) is 0.187. The predicted molar refractivity (Wildman–Crippen MR) is 144 cm³/mol. The van der Waals surface area contributed by atoms with Gasteiger partial charge in [0.25, 0.3) is 29.3 Å². The summed E-state index contributed by atoms with van der Waals surface area (Å²) in [5.74, 6) is -1.97. The molecule has 4 amide bonds. The van der Waals surface area contributed by atoms with E-state index in [4.69, 9.17) is 11.6 Å². The highest BCUT2D eigenvalue weighted by Gasteiger charge is 2.37. The Morgan fingerprint density at radius 3 is 1.79 bits per heavy atom. The average Bonchev–Trinajstić information content (AvgIpc) is 3.18. The number of amides is 4. The molecule has 0 atom stereocenters. The molecule has 0 fully saturated rings. The van der Waals surface area contributed by atoms with Gasteiger partial charge in [-0.3, -0.25) is 29.3 Å². The van der Waals surface area contributed by atoms with Crippen LogP contribution in [0.1, 0.15) is 41.4 Å². The van der Waals surface area contributed by atoms with E-state index >= 15 is 0 Å². The molecule has 0 bridgehead atoms. The van der Waals surface area contributed by atoms with E-state index in [0.717, 1.165) is 4.90 Å². The summed E-state index contributed by atoms with van der Waals surface area (Å²) in [6, 6.07) is 22.0. The zero-order valence-corrected chi connectivity index (χ0v) is 20.6. The van der Waals surface area contributed by atoms with E-state index in [0.29, 0.717) is 22.0 Å². The highest BCUT2D eigenvalue weighted by atomic mass is 35.5. The summed E-state index contributed by atoms with van der Waals surface area (Å²) in [6.07, 6.45) is 0. The molecular weight excluding hydrogens is 524 g/mol. The Balaban J connectivity index is 1.29. The van der Waals surface area contributed by atoms with E-state index in [1.54, 1.807) is 36.4 Å². The van der Waals surface area contributed by atoms with Crippen LogP contribution in [0.3, 0.4) is 0 Å². The number of imide groups is 1. The predicted octanol–water partition coefficient (Wildman–Crippen LogP) is 5.55. The number of anilines is 3. The van der Waals surface area contributed by atoms with Gasteiger partial charge in [0.2, 0.25) is 0 Å². The van der Waals surface area contributed by atoms with Gasteiger partial charge in [-0.15, -0.1) is 0 Å². The fourth-order valence-corrected chi connectivity index (χ4v) is 4.12. The monoisotopic (exact) mass is 540 g/mol. The lowest BCUT2D eigenvalue weighted by Gasteiger charge is -2.14. The Morgan fingerprint density at radius 2 is 1.21 bits per heavy atom. The van der Waals surface area contributed by atoms with Crippen LogP contribution in [-0.4, -0.2) is 28.6 Å². The summed E-state index contributed by atoms with van der Waals surface area (Å²) in [7, 11) is 0. The van der Waals surface area contributed by atoms with Crippen molar-refractivity contribution in [3.05, 3.63) is 128 Å². The third kappa shape index (κ3) is 5.09. The first-order chi connectivity index (χ1) is 18.7. The van der Waals surface area contributed by atoms with E-state index in [-0.39, 0.29) is 34.0 Å². The molecule has 5 rings (SSSR count). The molecule has 10 nitrogen and oxygen atoms in total. The number of nitrogens with zero attached hydrogens (tertiary/aromatic N) is 2. The first-order valence-electron chi connectivity index (χ1n) is 11.5. The van der Waals surface area contributed by atoms with E-state index in [1.807, 2.05) is 0 Å². The molecule has 1 aliphatic rings. The molecule has 1 aliphatic heterocycles. The number of nitro groups is 1. The summed E-state index contributed by atoms with van der Waals surface area (Å²) < 4.78 is 0. The molecule has 0 saturated heterocycles. The van der Waals surface area contributed by atoms with Crippen molar-refractivity contribution >= 4 is 58.0 Å². The lowest BCUT2D eigenvalue weighted by Crippen LogP contribution is -2.29. The molecule has 0 unspecified atom stereocenters. The van der Waals surface area contributed by atoms with Gasteiger partial charge in [-0.25, -0.2) is 4.90 Å². The zero-order valence-electron chi connectivity index (χ0n) is 19.9. The standard InChI is InChI=1S/C28H17ClN4O6/c29-18-5-1-16(2-6-18)25(34)30-19-7-12-21(13-8-19)32-27(36)23-14-9-20(15-24(23)28(32)37)31-26(35)17-3-10-22(11-4-17)33(38)39/h1-15H,(H,30,34)(H,31,35). The Bertz CT molecular complexity index is 1650. The lowest BCUT2D eigenvalue weighted by molar-refractivity contribution is -0.384. The van der Waals surface area contributed by atoms with Crippen molar-refractivity contribution < 1.29 is 24.1 Å². The number of carbonyl (C=O) groups excluding carboxylic acids is 4. The van der Waals surface area contributed by atoms with Gasteiger partial charge in [-0.1, -0.05) is 11.6 Å². The van der Waals surface area contributed by atoms with Gasteiger partial charge in [-0.05, 0) is 78.9 Å². The molecule has 0 saturated carbocycles. The van der Waals surface area contributed by atoms with Crippen LogP contribution in [0.15, 0.2) is 91.0 Å². The number of halogens is 1. The van der Waals surface area contributed by atoms with Gasteiger partial charge in [-0.2, -0.15) is 0 Å². The van der Waals surface area contributed by atoms with Crippen LogP contribution in [0.2, 0.25) is 5.02 Å². The molecule has 0 aliphatic carbocycles. The lowest BCUT2D eigenvalue weighted by atomic mass is 10.1. The van der Waals surface area contributed by atoms with Crippen LogP contribution < -0.4 is 15.5 Å². The average molecular weight is 541 g/mol. The Kier molecular flexibility index (Phi) is 6.61. The highest BCUT2D eigenvalue weighted by Crippen LogP contribution is 2.31. The molecular formula is C28H17ClN4O6. The first kappa shape index (κ1) is 25.3. The largest absolute Gasteiger partial charge is 0.322 e. The summed E-state index contributed by atoms with van der Waals surface area (Å²) in [5, 5.41) is 16.7. The van der Waals surface area contributed by atoms with Crippen molar-refractivity contribution in [1.29, 1.82) is 0 Å². The molecule has 192 valence electrons. The molecule has 0 radical (unpaired) electrons.